The molecule has 6 heteroatoms. The molecular formula is C13H14BrFN4. The van der Waals surface area contributed by atoms with E-state index in [2.05, 4.69) is 36.5 Å². The van der Waals surface area contributed by atoms with Gasteiger partial charge in [0, 0.05) is 12.2 Å². The van der Waals surface area contributed by atoms with Crippen LogP contribution in [-0.2, 0) is 0 Å². The van der Waals surface area contributed by atoms with Gasteiger partial charge in [0.1, 0.15) is 28.3 Å². The van der Waals surface area contributed by atoms with Crippen molar-refractivity contribution in [1.29, 1.82) is 0 Å². The number of nitrogens with zero attached hydrogens (tertiary/aromatic N) is 2. The Kier molecular flexibility index (Phi) is 4.31. The lowest BCUT2D eigenvalue weighted by atomic mass is 10.2. The van der Waals surface area contributed by atoms with Gasteiger partial charge < -0.3 is 10.6 Å². The van der Waals surface area contributed by atoms with Crippen LogP contribution in [0.25, 0.3) is 0 Å². The number of nitrogens with one attached hydrogen (secondary N) is 2. The van der Waals surface area contributed by atoms with E-state index in [1.165, 1.54) is 18.5 Å². The number of rotatable bonds is 4. The molecule has 19 heavy (non-hydrogen) atoms. The van der Waals surface area contributed by atoms with Crippen molar-refractivity contribution in [3.8, 4) is 0 Å². The van der Waals surface area contributed by atoms with E-state index in [0.29, 0.717) is 17.3 Å². The summed E-state index contributed by atoms with van der Waals surface area (Å²) in [6, 6.07) is 4.59. The van der Waals surface area contributed by atoms with Crippen molar-refractivity contribution in [2.24, 2.45) is 0 Å². The van der Waals surface area contributed by atoms with Crippen LogP contribution in [0.1, 0.15) is 12.5 Å². The Bertz CT molecular complexity index is 589. The second kappa shape index (κ2) is 5.97. The molecule has 0 radical (unpaired) electrons. The molecule has 0 atom stereocenters. The molecule has 0 aliphatic rings. The van der Waals surface area contributed by atoms with Crippen molar-refractivity contribution >= 4 is 33.3 Å². The second-order valence-electron chi connectivity index (χ2n) is 4.00. The predicted molar refractivity (Wildman–Crippen MR) is 78.3 cm³/mol. The maximum Gasteiger partial charge on any atom is 0.150 e. The van der Waals surface area contributed by atoms with Gasteiger partial charge >= 0.3 is 0 Å². The van der Waals surface area contributed by atoms with Gasteiger partial charge in [0.25, 0.3) is 0 Å². The third kappa shape index (κ3) is 3.20. The van der Waals surface area contributed by atoms with Gasteiger partial charge in [0.2, 0.25) is 0 Å². The molecule has 0 amide bonds. The van der Waals surface area contributed by atoms with Gasteiger partial charge in [-0.3, -0.25) is 0 Å². The topological polar surface area (TPSA) is 49.8 Å². The number of aryl methyl sites for hydroxylation is 1. The molecular weight excluding hydrogens is 311 g/mol. The molecule has 4 nitrogen and oxygen atoms in total. The van der Waals surface area contributed by atoms with E-state index in [1.54, 1.807) is 6.07 Å². The minimum atomic E-state index is -0.287. The molecule has 0 unspecified atom stereocenters. The van der Waals surface area contributed by atoms with Crippen LogP contribution in [-0.4, -0.2) is 16.5 Å². The highest BCUT2D eigenvalue weighted by atomic mass is 79.9. The van der Waals surface area contributed by atoms with Crippen LogP contribution in [0.15, 0.2) is 29.0 Å². The minimum absolute atomic E-state index is 0.287. The monoisotopic (exact) mass is 324 g/mol. The van der Waals surface area contributed by atoms with Crippen molar-refractivity contribution < 1.29 is 4.39 Å². The number of aromatic nitrogens is 2. The number of halogens is 2. The molecule has 0 aliphatic carbocycles. The van der Waals surface area contributed by atoms with Gasteiger partial charge in [-0.2, -0.15) is 0 Å². The van der Waals surface area contributed by atoms with Gasteiger partial charge in [-0.25, -0.2) is 14.4 Å². The average molecular weight is 325 g/mol. The van der Waals surface area contributed by atoms with Crippen LogP contribution >= 0.6 is 15.9 Å². The van der Waals surface area contributed by atoms with Gasteiger partial charge in [0.15, 0.2) is 0 Å². The molecule has 2 N–H and O–H groups in total. The first-order valence-corrected chi connectivity index (χ1v) is 6.68. The first-order valence-electron chi connectivity index (χ1n) is 5.89. The molecule has 0 fully saturated rings. The van der Waals surface area contributed by atoms with E-state index in [9.17, 15) is 4.39 Å². The van der Waals surface area contributed by atoms with Crippen LogP contribution in [0.2, 0.25) is 0 Å². The summed E-state index contributed by atoms with van der Waals surface area (Å²) in [7, 11) is 0. The Morgan fingerprint density at radius 2 is 2.00 bits per heavy atom. The largest absolute Gasteiger partial charge is 0.369 e. The highest BCUT2D eigenvalue weighted by Crippen LogP contribution is 2.30. The second-order valence-corrected chi connectivity index (χ2v) is 4.79. The van der Waals surface area contributed by atoms with Crippen LogP contribution < -0.4 is 10.6 Å². The summed E-state index contributed by atoms with van der Waals surface area (Å²) in [5, 5.41) is 6.22. The Morgan fingerprint density at radius 3 is 2.74 bits per heavy atom. The van der Waals surface area contributed by atoms with E-state index in [4.69, 9.17) is 0 Å². The first-order chi connectivity index (χ1) is 9.11. The average Bonchev–Trinajstić information content (AvgIpc) is 2.39. The third-order valence-corrected chi connectivity index (χ3v) is 3.34. The summed E-state index contributed by atoms with van der Waals surface area (Å²) in [4.78, 5) is 8.28. The van der Waals surface area contributed by atoms with Crippen molar-refractivity contribution in [1.82, 2.24) is 9.97 Å². The number of benzene rings is 1. The summed E-state index contributed by atoms with van der Waals surface area (Å²) >= 11 is 3.44. The minimum Gasteiger partial charge on any atom is -0.369 e. The van der Waals surface area contributed by atoms with Crippen molar-refractivity contribution in [3.63, 3.8) is 0 Å². The smallest absolute Gasteiger partial charge is 0.150 e. The Labute approximate surface area is 119 Å². The predicted octanol–water partition coefficient (Wildman–Crippen LogP) is 3.86. The Hall–Kier alpha value is -1.69. The van der Waals surface area contributed by atoms with Crippen molar-refractivity contribution in [2.75, 3.05) is 17.2 Å². The van der Waals surface area contributed by atoms with Crippen LogP contribution in [0.3, 0.4) is 0 Å². The first kappa shape index (κ1) is 13.7. The van der Waals surface area contributed by atoms with Crippen molar-refractivity contribution in [3.05, 3.63) is 40.4 Å². The van der Waals surface area contributed by atoms with Gasteiger partial charge in [-0.05, 0) is 47.5 Å². The molecule has 2 aromatic rings. The lowest BCUT2D eigenvalue weighted by molar-refractivity contribution is 0.628. The maximum absolute atomic E-state index is 13.3. The molecule has 2 rings (SSSR count). The lowest BCUT2D eigenvalue weighted by Gasteiger charge is -2.12. The zero-order chi connectivity index (χ0) is 13.8. The van der Waals surface area contributed by atoms with E-state index in [0.717, 1.165) is 16.6 Å². The zero-order valence-electron chi connectivity index (χ0n) is 10.7. The molecule has 0 saturated carbocycles. The fourth-order valence-electron chi connectivity index (χ4n) is 1.60. The van der Waals surface area contributed by atoms with E-state index in [-0.39, 0.29) is 5.82 Å². The van der Waals surface area contributed by atoms with Crippen LogP contribution in [0, 0.1) is 12.7 Å². The maximum atomic E-state index is 13.3. The normalized spacial score (nSPS) is 10.3. The molecule has 0 aliphatic heterocycles. The lowest BCUT2D eigenvalue weighted by Crippen LogP contribution is -2.04. The van der Waals surface area contributed by atoms with E-state index >= 15 is 0 Å². The summed E-state index contributed by atoms with van der Waals surface area (Å²) in [6.45, 7) is 4.65. The highest BCUT2D eigenvalue weighted by Gasteiger charge is 2.09. The fourth-order valence-corrected chi connectivity index (χ4v) is 2.05. The molecule has 1 aromatic heterocycles. The summed E-state index contributed by atoms with van der Waals surface area (Å²) in [5.41, 5.74) is 1.62. The molecule has 1 heterocycles. The third-order valence-electron chi connectivity index (χ3n) is 2.59. The van der Waals surface area contributed by atoms with Gasteiger partial charge in [-0.1, -0.05) is 6.07 Å². The molecule has 0 saturated heterocycles. The molecule has 100 valence electrons. The quantitative estimate of drug-likeness (QED) is 0.896. The number of hydrogen-bond acceptors (Lipinski definition) is 4. The van der Waals surface area contributed by atoms with Gasteiger partial charge in [0.05, 0.1) is 0 Å². The number of hydrogen-bond donors (Lipinski definition) is 2. The molecule has 0 bridgehead atoms. The van der Waals surface area contributed by atoms with Crippen LogP contribution in [0.5, 0.6) is 0 Å². The van der Waals surface area contributed by atoms with E-state index in [1.807, 2.05) is 13.8 Å². The SMILES string of the molecule is CCNc1ncnc(Nc2cc(F)ccc2C)c1Br. The molecule has 0 spiro atoms. The van der Waals surface area contributed by atoms with E-state index < -0.39 is 0 Å². The standard InChI is InChI=1S/C13H14BrFN4/c1-3-16-12-11(14)13(18-7-17-12)19-10-6-9(15)5-4-8(10)2/h4-7H,3H2,1-2H3,(H2,16,17,18,19). The number of anilines is 3. The zero-order valence-corrected chi connectivity index (χ0v) is 12.3. The fraction of sp³-hybridized carbons (Fsp3) is 0.231. The van der Waals surface area contributed by atoms with Crippen LogP contribution in [0.4, 0.5) is 21.7 Å². The van der Waals surface area contributed by atoms with Gasteiger partial charge in [-0.15, -0.1) is 0 Å². The Balaban J connectivity index is 2.33. The highest BCUT2D eigenvalue weighted by molar-refractivity contribution is 9.10. The Morgan fingerprint density at radius 1 is 1.26 bits per heavy atom. The molecule has 1 aromatic carbocycles. The summed E-state index contributed by atoms with van der Waals surface area (Å²) in [5.74, 6) is 1.01. The summed E-state index contributed by atoms with van der Waals surface area (Å²) in [6.07, 6.45) is 1.46. The summed E-state index contributed by atoms with van der Waals surface area (Å²) < 4.78 is 14.0. The van der Waals surface area contributed by atoms with Crippen molar-refractivity contribution in [2.45, 2.75) is 13.8 Å².